The van der Waals surface area contributed by atoms with E-state index in [1.165, 1.54) is 17.4 Å². The van der Waals surface area contributed by atoms with Gasteiger partial charge in [-0.25, -0.2) is 0 Å². The molecular weight excluding hydrogens is 364 g/mol. The van der Waals surface area contributed by atoms with Gasteiger partial charge in [0.05, 0.1) is 3.79 Å². The fourth-order valence-corrected chi connectivity index (χ4v) is 3.20. The highest BCUT2D eigenvalue weighted by Crippen LogP contribution is 2.22. The van der Waals surface area contributed by atoms with Crippen LogP contribution in [0.1, 0.15) is 26.4 Å². The van der Waals surface area contributed by atoms with Gasteiger partial charge in [-0.05, 0) is 59.6 Å². The van der Waals surface area contributed by atoms with Gasteiger partial charge in [0.15, 0.2) is 0 Å². The van der Waals surface area contributed by atoms with Crippen LogP contribution in [0.25, 0.3) is 6.08 Å². The number of carbonyl (C=O) groups is 2. The highest BCUT2D eigenvalue weighted by atomic mass is 79.9. The lowest BCUT2D eigenvalue weighted by Gasteiger charge is -2.08. The van der Waals surface area contributed by atoms with Gasteiger partial charge in [0.1, 0.15) is 0 Å². The maximum absolute atomic E-state index is 12.0. The Labute approximate surface area is 141 Å². The van der Waals surface area contributed by atoms with Gasteiger partial charge in [-0.2, -0.15) is 0 Å². The third-order valence-corrected chi connectivity index (χ3v) is 4.51. The molecular formula is C16H15BrN2O2S. The molecule has 0 radical (unpaired) electrons. The maximum atomic E-state index is 12.0. The van der Waals surface area contributed by atoms with Gasteiger partial charge in [-0.15, -0.1) is 11.3 Å². The zero-order valence-corrected chi connectivity index (χ0v) is 14.5. The van der Waals surface area contributed by atoms with E-state index in [4.69, 9.17) is 0 Å². The summed E-state index contributed by atoms with van der Waals surface area (Å²) in [6, 6.07) is 9.33. The molecule has 0 aliphatic heterocycles. The predicted molar refractivity (Wildman–Crippen MR) is 92.6 cm³/mol. The molecule has 1 aromatic carbocycles. The van der Waals surface area contributed by atoms with Crippen molar-refractivity contribution in [1.82, 2.24) is 10.9 Å². The first-order valence-electron chi connectivity index (χ1n) is 6.56. The Morgan fingerprint density at radius 1 is 1.14 bits per heavy atom. The Bertz CT molecular complexity index is 737. The Kier molecular flexibility index (Phi) is 5.51. The number of benzene rings is 1. The number of amides is 2. The van der Waals surface area contributed by atoms with E-state index < -0.39 is 0 Å². The zero-order chi connectivity index (χ0) is 16.1. The van der Waals surface area contributed by atoms with E-state index >= 15 is 0 Å². The average molecular weight is 379 g/mol. The van der Waals surface area contributed by atoms with Gasteiger partial charge in [0, 0.05) is 16.5 Å². The molecule has 0 aliphatic rings. The van der Waals surface area contributed by atoms with Crippen molar-refractivity contribution in [2.24, 2.45) is 0 Å². The molecule has 0 fully saturated rings. The number of halogens is 1. The molecule has 2 rings (SSSR count). The van der Waals surface area contributed by atoms with Crippen LogP contribution in [-0.2, 0) is 4.79 Å². The monoisotopic (exact) mass is 378 g/mol. The van der Waals surface area contributed by atoms with Crippen LogP contribution in [0.15, 0.2) is 40.2 Å². The second kappa shape index (κ2) is 7.38. The van der Waals surface area contributed by atoms with E-state index in [9.17, 15) is 9.59 Å². The number of hydrogen-bond donors (Lipinski definition) is 2. The third-order valence-electron chi connectivity index (χ3n) is 2.92. The van der Waals surface area contributed by atoms with Crippen molar-refractivity contribution in [1.29, 1.82) is 0 Å². The minimum Gasteiger partial charge on any atom is -0.268 e. The van der Waals surface area contributed by atoms with Gasteiger partial charge in [-0.1, -0.05) is 17.7 Å². The Morgan fingerprint density at radius 2 is 1.91 bits per heavy atom. The summed E-state index contributed by atoms with van der Waals surface area (Å²) in [7, 11) is 0. The summed E-state index contributed by atoms with van der Waals surface area (Å²) in [5, 5.41) is 0. The van der Waals surface area contributed by atoms with Crippen LogP contribution in [0.5, 0.6) is 0 Å². The summed E-state index contributed by atoms with van der Waals surface area (Å²) in [5.74, 6) is -0.722. The smallest absolute Gasteiger partial charge is 0.268 e. The number of nitrogens with one attached hydrogen (secondary N) is 2. The molecule has 22 heavy (non-hydrogen) atoms. The lowest BCUT2D eigenvalue weighted by Crippen LogP contribution is -2.41. The highest BCUT2D eigenvalue weighted by Gasteiger charge is 2.09. The Balaban J connectivity index is 1.90. The molecule has 0 atom stereocenters. The fourth-order valence-electron chi connectivity index (χ4n) is 1.87. The third kappa shape index (κ3) is 4.54. The Morgan fingerprint density at radius 3 is 2.55 bits per heavy atom. The fraction of sp³-hybridized carbons (Fsp3) is 0.125. The molecule has 0 saturated heterocycles. The minimum atomic E-state index is -0.386. The highest BCUT2D eigenvalue weighted by molar-refractivity contribution is 9.11. The van der Waals surface area contributed by atoms with Crippen molar-refractivity contribution in [3.8, 4) is 0 Å². The van der Waals surface area contributed by atoms with Crippen LogP contribution in [0.4, 0.5) is 0 Å². The van der Waals surface area contributed by atoms with E-state index in [-0.39, 0.29) is 11.8 Å². The minimum absolute atomic E-state index is 0.335. The lowest BCUT2D eigenvalue weighted by molar-refractivity contribution is -0.117. The summed E-state index contributed by atoms with van der Waals surface area (Å²) in [4.78, 5) is 24.6. The van der Waals surface area contributed by atoms with E-state index in [1.54, 1.807) is 12.1 Å². The summed E-state index contributed by atoms with van der Waals surface area (Å²) < 4.78 is 0.996. The van der Waals surface area contributed by atoms with Crippen molar-refractivity contribution in [2.75, 3.05) is 0 Å². The molecule has 0 saturated carbocycles. The first-order chi connectivity index (χ1) is 10.5. The van der Waals surface area contributed by atoms with Crippen LogP contribution in [-0.4, -0.2) is 11.8 Å². The molecule has 4 nitrogen and oxygen atoms in total. The van der Waals surface area contributed by atoms with Crippen LogP contribution in [0.2, 0.25) is 0 Å². The first kappa shape index (κ1) is 16.5. The van der Waals surface area contributed by atoms with E-state index in [0.29, 0.717) is 5.56 Å². The quantitative estimate of drug-likeness (QED) is 0.633. The molecule has 0 bridgehead atoms. The largest absolute Gasteiger partial charge is 0.269 e. The molecule has 0 unspecified atom stereocenters. The lowest BCUT2D eigenvalue weighted by atomic mass is 10.1. The van der Waals surface area contributed by atoms with Crippen LogP contribution >= 0.6 is 27.3 Å². The van der Waals surface area contributed by atoms with Gasteiger partial charge in [0.2, 0.25) is 0 Å². The number of hydrogen-bond acceptors (Lipinski definition) is 3. The maximum Gasteiger partial charge on any atom is 0.269 e. The Hall–Kier alpha value is -1.92. The van der Waals surface area contributed by atoms with Crippen LogP contribution in [0.3, 0.4) is 0 Å². The summed E-state index contributed by atoms with van der Waals surface area (Å²) in [6.45, 7) is 3.82. The zero-order valence-electron chi connectivity index (χ0n) is 12.1. The van der Waals surface area contributed by atoms with Gasteiger partial charge in [0.25, 0.3) is 11.8 Å². The first-order valence-corrected chi connectivity index (χ1v) is 8.17. The molecule has 1 aromatic heterocycles. The van der Waals surface area contributed by atoms with Crippen molar-refractivity contribution < 1.29 is 9.59 Å². The van der Waals surface area contributed by atoms with Crippen molar-refractivity contribution in [3.05, 3.63) is 61.8 Å². The number of aryl methyl sites for hydroxylation is 2. The molecule has 2 amide bonds. The van der Waals surface area contributed by atoms with Gasteiger partial charge >= 0.3 is 0 Å². The predicted octanol–water partition coefficient (Wildman–Crippen LogP) is 3.60. The van der Waals surface area contributed by atoms with E-state index in [1.807, 2.05) is 38.1 Å². The summed E-state index contributed by atoms with van der Waals surface area (Å²) >= 11 is 4.87. The van der Waals surface area contributed by atoms with Gasteiger partial charge < -0.3 is 0 Å². The van der Waals surface area contributed by atoms with Crippen LogP contribution in [0, 0.1) is 13.8 Å². The molecule has 114 valence electrons. The van der Waals surface area contributed by atoms with Crippen molar-refractivity contribution in [2.45, 2.75) is 13.8 Å². The molecule has 2 N–H and O–H groups in total. The molecule has 0 spiro atoms. The normalized spacial score (nSPS) is 10.7. The SMILES string of the molecule is Cc1ccc(C(=O)NNC(=O)/C=C/c2ccc(Br)s2)c(C)c1. The number of carbonyl (C=O) groups excluding carboxylic acids is 2. The molecule has 2 aromatic rings. The molecule has 6 heteroatoms. The number of rotatable bonds is 3. The standard InChI is InChI=1S/C16H15BrN2O2S/c1-10-3-6-13(11(2)9-10)16(21)19-18-15(20)8-5-12-4-7-14(17)22-12/h3-9H,1-2H3,(H,18,20)(H,19,21)/b8-5+. The second-order valence-electron chi connectivity index (χ2n) is 4.74. The van der Waals surface area contributed by atoms with Crippen molar-refractivity contribution in [3.63, 3.8) is 0 Å². The topological polar surface area (TPSA) is 58.2 Å². The van der Waals surface area contributed by atoms with Crippen LogP contribution < -0.4 is 10.9 Å². The average Bonchev–Trinajstić information content (AvgIpc) is 2.88. The van der Waals surface area contributed by atoms with E-state index in [2.05, 4.69) is 26.8 Å². The second-order valence-corrected chi connectivity index (χ2v) is 7.23. The molecule has 1 heterocycles. The molecule has 0 aliphatic carbocycles. The summed E-state index contributed by atoms with van der Waals surface area (Å²) in [5.41, 5.74) is 7.26. The number of thiophene rings is 1. The van der Waals surface area contributed by atoms with E-state index in [0.717, 1.165) is 19.8 Å². The summed E-state index contributed by atoms with van der Waals surface area (Å²) in [6.07, 6.45) is 3.06. The van der Waals surface area contributed by atoms with Gasteiger partial charge in [-0.3, -0.25) is 20.4 Å². The number of hydrazine groups is 1. The van der Waals surface area contributed by atoms with Crippen molar-refractivity contribution >= 4 is 45.2 Å².